The quantitative estimate of drug-likeness (QED) is 0.883. The Hall–Kier alpha value is -1.71. The average molecular weight is 262 g/mol. The minimum atomic E-state index is -0.192. The fourth-order valence-corrected chi connectivity index (χ4v) is 2.67. The summed E-state index contributed by atoms with van der Waals surface area (Å²) in [6, 6.07) is 8.13. The van der Waals surface area contributed by atoms with Crippen molar-refractivity contribution >= 4 is 11.6 Å². The summed E-state index contributed by atoms with van der Waals surface area (Å²) in [6.45, 7) is 3.96. The predicted molar refractivity (Wildman–Crippen MR) is 76.3 cm³/mol. The third-order valence-electron chi connectivity index (χ3n) is 3.90. The Balaban J connectivity index is 1.92. The zero-order valence-corrected chi connectivity index (χ0v) is 11.6. The van der Waals surface area contributed by atoms with Crippen LogP contribution in [0.25, 0.3) is 0 Å². The molecular formula is C15H22N2O2. The molecule has 19 heavy (non-hydrogen) atoms. The number of methoxy groups -OCH3 is 1. The van der Waals surface area contributed by atoms with Crippen LogP contribution >= 0.6 is 0 Å². The first-order valence-electron chi connectivity index (χ1n) is 6.78. The van der Waals surface area contributed by atoms with E-state index in [2.05, 4.69) is 17.0 Å². The van der Waals surface area contributed by atoms with Crippen LogP contribution in [0.4, 0.5) is 5.69 Å². The molecule has 2 rings (SSSR count). The number of hydrogen-bond donors (Lipinski definition) is 1. The maximum absolute atomic E-state index is 11.1. The molecule has 1 aromatic rings. The Morgan fingerprint density at radius 3 is 2.74 bits per heavy atom. The molecule has 0 bridgehead atoms. The van der Waals surface area contributed by atoms with Crippen LogP contribution in [-0.2, 0) is 4.79 Å². The minimum absolute atomic E-state index is 0.0270. The standard InChI is InChI=1S/C15H22N2O2/c1-11(15(16)18)9-12-7-8-17(10-12)13-3-5-14(19-2)6-4-13/h3-6,11-12H,7-10H2,1-2H3,(H2,16,18). The lowest BCUT2D eigenvalue weighted by Gasteiger charge is -2.19. The van der Waals surface area contributed by atoms with Gasteiger partial charge in [0.1, 0.15) is 5.75 Å². The van der Waals surface area contributed by atoms with Crippen molar-refractivity contribution < 1.29 is 9.53 Å². The second-order valence-corrected chi connectivity index (χ2v) is 5.34. The predicted octanol–water partition coefficient (Wildman–Crippen LogP) is 2.03. The number of ether oxygens (including phenoxy) is 1. The summed E-state index contributed by atoms with van der Waals surface area (Å²) in [5.41, 5.74) is 6.54. The SMILES string of the molecule is COc1ccc(N2CCC(CC(C)C(N)=O)C2)cc1. The molecule has 2 unspecified atom stereocenters. The lowest BCUT2D eigenvalue weighted by molar-refractivity contribution is -0.121. The first-order valence-corrected chi connectivity index (χ1v) is 6.78. The molecule has 4 heteroatoms. The molecule has 0 spiro atoms. The molecule has 4 nitrogen and oxygen atoms in total. The fourth-order valence-electron chi connectivity index (χ4n) is 2.67. The Bertz CT molecular complexity index is 430. The molecule has 1 fully saturated rings. The molecule has 2 atom stereocenters. The van der Waals surface area contributed by atoms with Gasteiger partial charge in [-0.2, -0.15) is 0 Å². The van der Waals surface area contributed by atoms with E-state index >= 15 is 0 Å². The maximum atomic E-state index is 11.1. The van der Waals surface area contributed by atoms with Crippen molar-refractivity contribution in [2.45, 2.75) is 19.8 Å². The summed E-state index contributed by atoms with van der Waals surface area (Å²) in [7, 11) is 1.67. The number of hydrogen-bond acceptors (Lipinski definition) is 3. The molecule has 0 radical (unpaired) electrons. The molecule has 0 saturated carbocycles. The van der Waals surface area contributed by atoms with E-state index < -0.39 is 0 Å². The first kappa shape index (κ1) is 13.7. The molecule has 1 aliphatic rings. The number of primary amides is 1. The van der Waals surface area contributed by atoms with E-state index in [0.29, 0.717) is 5.92 Å². The van der Waals surface area contributed by atoms with Crippen LogP contribution < -0.4 is 15.4 Å². The van der Waals surface area contributed by atoms with E-state index in [-0.39, 0.29) is 11.8 Å². The van der Waals surface area contributed by atoms with E-state index in [1.807, 2.05) is 19.1 Å². The maximum Gasteiger partial charge on any atom is 0.220 e. The van der Waals surface area contributed by atoms with Gasteiger partial charge < -0.3 is 15.4 Å². The van der Waals surface area contributed by atoms with Crippen molar-refractivity contribution in [1.82, 2.24) is 0 Å². The van der Waals surface area contributed by atoms with Crippen LogP contribution in [-0.4, -0.2) is 26.1 Å². The summed E-state index contributed by atoms with van der Waals surface area (Å²) in [6.07, 6.45) is 2.02. The number of carbonyl (C=O) groups excluding carboxylic acids is 1. The van der Waals surface area contributed by atoms with Gasteiger partial charge in [-0.3, -0.25) is 4.79 Å². The van der Waals surface area contributed by atoms with Gasteiger partial charge in [-0.1, -0.05) is 6.92 Å². The Morgan fingerprint density at radius 1 is 1.47 bits per heavy atom. The van der Waals surface area contributed by atoms with Gasteiger partial charge in [0, 0.05) is 24.7 Å². The summed E-state index contributed by atoms with van der Waals surface area (Å²) >= 11 is 0. The van der Waals surface area contributed by atoms with Gasteiger partial charge in [-0.25, -0.2) is 0 Å². The topological polar surface area (TPSA) is 55.6 Å². The average Bonchev–Trinajstić information content (AvgIpc) is 2.87. The highest BCUT2D eigenvalue weighted by atomic mass is 16.5. The molecule has 1 aliphatic heterocycles. The number of anilines is 1. The van der Waals surface area contributed by atoms with Crippen molar-refractivity contribution in [1.29, 1.82) is 0 Å². The summed E-state index contributed by atoms with van der Waals surface area (Å²) in [5.74, 6) is 1.22. The van der Waals surface area contributed by atoms with Gasteiger partial charge >= 0.3 is 0 Å². The third-order valence-corrected chi connectivity index (χ3v) is 3.90. The number of rotatable bonds is 5. The van der Waals surface area contributed by atoms with Crippen LogP contribution in [0.2, 0.25) is 0 Å². The lowest BCUT2D eigenvalue weighted by atomic mass is 9.95. The van der Waals surface area contributed by atoms with Crippen molar-refractivity contribution in [3.8, 4) is 5.75 Å². The number of nitrogens with two attached hydrogens (primary N) is 1. The number of amides is 1. The van der Waals surface area contributed by atoms with Crippen LogP contribution in [0.15, 0.2) is 24.3 Å². The van der Waals surface area contributed by atoms with E-state index in [0.717, 1.165) is 31.7 Å². The molecule has 1 aromatic carbocycles. The van der Waals surface area contributed by atoms with E-state index in [1.54, 1.807) is 7.11 Å². The van der Waals surface area contributed by atoms with Crippen LogP contribution in [0.1, 0.15) is 19.8 Å². The molecule has 1 amide bonds. The highest BCUT2D eigenvalue weighted by molar-refractivity contribution is 5.76. The molecule has 0 aromatic heterocycles. The molecule has 1 saturated heterocycles. The summed E-state index contributed by atoms with van der Waals surface area (Å²) in [5, 5.41) is 0. The molecule has 2 N–H and O–H groups in total. The van der Waals surface area contributed by atoms with Crippen molar-refractivity contribution in [2.24, 2.45) is 17.6 Å². The van der Waals surface area contributed by atoms with Gasteiger partial charge in [-0.15, -0.1) is 0 Å². The highest BCUT2D eigenvalue weighted by Crippen LogP contribution is 2.28. The van der Waals surface area contributed by atoms with Crippen LogP contribution in [0.3, 0.4) is 0 Å². The van der Waals surface area contributed by atoms with Crippen LogP contribution in [0, 0.1) is 11.8 Å². The lowest BCUT2D eigenvalue weighted by Crippen LogP contribution is -2.25. The Labute approximate surface area is 114 Å². The second-order valence-electron chi connectivity index (χ2n) is 5.34. The Kier molecular flexibility index (Phi) is 4.30. The molecule has 1 heterocycles. The smallest absolute Gasteiger partial charge is 0.220 e. The fraction of sp³-hybridized carbons (Fsp3) is 0.533. The summed E-state index contributed by atoms with van der Waals surface area (Å²) < 4.78 is 5.16. The Morgan fingerprint density at radius 2 is 2.16 bits per heavy atom. The van der Waals surface area contributed by atoms with E-state index in [1.165, 1.54) is 5.69 Å². The molecular weight excluding hydrogens is 240 g/mol. The number of nitrogens with zero attached hydrogens (tertiary/aromatic N) is 1. The molecule has 0 aliphatic carbocycles. The monoisotopic (exact) mass is 262 g/mol. The minimum Gasteiger partial charge on any atom is -0.497 e. The van der Waals surface area contributed by atoms with Crippen LogP contribution in [0.5, 0.6) is 5.75 Å². The normalized spacial score (nSPS) is 20.3. The zero-order chi connectivity index (χ0) is 13.8. The number of carbonyl (C=O) groups is 1. The van der Waals surface area contributed by atoms with E-state index in [9.17, 15) is 4.79 Å². The van der Waals surface area contributed by atoms with Gasteiger partial charge in [-0.05, 0) is 43.0 Å². The van der Waals surface area contributed by atoms with Gasteiger partial charge in [0.15, 0.2) is 0 Å². The van der Waals surface area contributed by atoms with Crippen molar-refractivity contribution in [2.75, 3.05) is 25.1 Å². The largest absolute Gasteiger partial charge is 0.497 e. The number of benzene rings is 1. The van der Waals surface area contributed by atoms with Gasteiger partial charge in [0.2, 0.25) is 5.91 Å². The second kappa shape index (κ2) is 5.95. The van der Waals surface area contributed by atoms with Crippen molar-refractivity contribution in [3.05, 3.63) is 24.3 Å². The van der Waals surface area contributed by atoms with Gasteiger partial charge in [0.05, 0.1) is 7.11 Å². The van der Waals surface area contributed by atoms with E-state index in [4.69, 9.17) is 10.5 Å². The molecule has 104 valence electrons. The van der Waals surface area contributed by atoms with Gasteiger partial charge in [0.25, 0.3) is 0 Å². The highest BCUT2D eigenvalue weighted by Gasteiger charge is 2.25. The third kappa shape index (κ3) is 3.40. The summed E-state index contributed by atoms with van der Waals surface area (Å²) in [4.78, 5) is 13.5. The first-order chi connectivity index (χ1) is 9.10. The van der Waals surface area contributed by atoms with Crippen molar-refractivity contribution in [3.63, 3.8) is 0 Å². The zero-order valence-electron chi connectivity index (χ0n) is 11.6.